The average Bonchev–Trinajstić information content (AvgIpc) is 2.83. The first-order valence-corrected chi connectivity index (χ1v) is 14.7. The van der Waals surface area contributed by atoms with Gasteiger partial charge in [-0.3, -0.25) is 0 Å². The molecule has 2 heteroatoms. The molecule has 0 fully saturated rings. The van der Waals surface area contributed by atoms with Crippen molar-refractivity contribution >= 4 is 21.6 Å². The summed E-state index contributed by atoms with van der Waals surface area (Å²) in [5.41, 5.74) is 10.3. The van der Waals surface area contributed by atoms with Gasteiger partial charge in [0.1, 0.15) is 0 Å². The van der Waals surface area contributed by atoms with Crippen molar-refractivity contribution in [2.75, 3.05) is 4.90 Å². The first-order chi connectivity index (χ1) is 16.7. The number of allylic oxidation sites excluding steroid dienone is 4. The first kappa shape index (κ1) is 26.3. The van der Waals surface area contributed by atoms with Crippen molar-refractivity contribution < 1.29 is 0 Å². The molecule has 2 aromatic carbocycles. The summed E-state index contributed by atoms with van der Waals surface area (Å²) < 4.78 is 0. The monoisotopic (exact) mass is 533 g/mol. The van der Waals surface area contributed by atoms with Crippen LogP contribution in [0.5, 0.6) is 0 Å². The van der Waals surface area contributed by atoms with E-state index in [1.54, 1.807) is 0 Å². The van der Waals surface area contributed by atoms with Crippen LogP contribution in [-0.2, 0) is 11.8 Å². The van der Waals surface area contributed by atoms with Gasteiger partial charge in [0.05, 0.1) is 0 Å². The minimum absolute atomic E-state index is 0.0962. The van der Waals surface area contributed by atoms with Crippen molar-refractivity contribution in [2.24, 2.45) is 0 Å². The van der Waals surface area contributed by atoms with Gasteiger partial charge in [-0.15, -0.1) is 0 Å². The molecule has 0 spiro atoms. The van der Waals surface area contributed by atoms with Crippen molar-refractivity contribution in [3.8, 4) is 11.1 Å². The molecule has 2 bridgehead atoms. The van der Waals surface area contributed by atoms with Crippen LogP contribution in [-0.4, -0.2) is 10.4 Å². The van der Waals surface area contributed by atoms with E-state index < -0.39 is 0 Å². The fourth-order valence-electron chi connectivity index (χ4n) is 6.39. The van der Waals surface area contributed by atoms with Gasteiger partial charge in [0.15, 0.2) is 0 Å². The third-order valence-corrected chi connectivity index (χ3v) is 9.24. The highest BCUT2D eigenvalue weighted by atomic mass is 79.9. The average molecular weight is 535 g/mol. The lowest BCUT2D eigenvalue weighted by Crippen LogP contribution is -2.46. The highest BCUT2D eigenvalue weighted by Crippen LogP contribution is 2.44. The number of nitrogens with zero attached hydrogens (tertiary/aromatic N) is 1. The van der Waals surface area contributed by atoms with E-state index in [1.807, 2.05) is 0 Å². The Bertz CT molecular complexity index is 1110. The van der Waals surface area contributed by atoms with Gasteiger partial charge in [-0.2, -0.15) is 0 Å². The second kappa shape index (κ2) is 10.7. The van der Waals surface area contributed by atoms with Crippen molar-refractivity contribution in [3.63, 3.8) is 0 Å². The van der Waals surface area contributed by atoms with Crippen LogP contribution in [0.4, 0.5) is 5.69 Å². The quantitative estimate of drug-likeness (QED) is 0.289. The maximum Gasteiger partial charge on any atom is 0.0417 e. The smallest absolute Gasteiger partial charge is 0.0417 e. The lowest BCUT2D eigenvalue weighted by Gasteiger charge is -2.45. The summed E-state index contributed by atoms with van der Waals surface area (Å²) in [4.78, 5) is 3.10. The Kier molecular flexibility index (Phi) is 8.01. The minimum atomic E-state index is 0.0962. The molecule has 0 heterocycles. The van der Waals surface area contributed by atoms with Crippen molar-refractivity contribution in [1.82, 2.24) is 0 Å². The summed E-state index contributed by atoms with van der Waals surface area (Å²) in [5.74, 6) is 0. The number of anilines is 1. The molecule has 0 amide bonds. The van der Waals surface area contributed by atoms with E-state index in [2.05, 4.69) is 117 Å². The van der Waals surface area contributed by atoms with E-state index in [1.165, 1.54) is 71.3 Å². The second-order valence-corrected chi connectivity index (χ2v) is 12.6. The maximum absolute atomic E-state index is 3.88. The summed E-state index contributed by atoms with van der Waals surface area (Å²) in [6.07, 6.45) is 16.2. The molecule has 0 radical (unpaired) electrons. The van der Waals surface area contributed by atoms with Crippen LogP contribution in [0.1, 0.15) is 96.3 Å². The van der Waals surface area contributed by atoms with E-state index in [0.717, 1.165) is 19.3 Å². The Labute approximate surface area is 222 Å². The Morgan fingerprint density at radius 2 is 1.83 bits per heavy atom. The van der Waals surface area contributed by atoms with Crippen LogP contribution in [0.2, 0.25) is 0 Å². The van der Waals surface area contributed by atoms with Gasteiger partial charge in [0, 0.05) is 28.2 Å². The molecule has 3 aliphatic carbocycles. The van der Waals surface area contributed by atoms with Crippen LogP contribution in [0.25, 0.3) is 11.1 Å². The molecule has 0 aliphatic heterocycles. The lowest BCUT2D eigenvalue weighted by atomic mass is 9.70. The predicted molar refractivity (Wildman–Crippen MR) is 158 cm³/mol. The summed E-state index contributed by atoms with van der Waals surface area (Å²) >= 11 is 3.88. The van der Waals surface area contributed by atoms with E-state index >= 15 is 0 Å². The molecular weight excluding hydrogens is 490 g/mol. The van der Waals surface area contributed by atoms with Crippen molar-refractivity contribution in [2.45, 2.75) is 109 Å². The molecule has 188 valence electrons. The Morgan fingerprint density at radius 3 is 2.49 bits per heavy atom. The minimum Gasteiger partial charge on any atom is -0.339 e. The molecule has 3 aliphatic rings. The van der Waals surface area contributed by atoms with E-state index in [9.17, 15) is 0 Å². The van der Waals surface area contributed by atoms with Gasteiger partial charge in [0.25, 0.3) is 0 Å². The standard InChI is InChI=1S/C33H44BrN/c1-7-10-19-33(6,9-3)35(28-13-11-12-27(34)22-28)29-15-17-31-25(21-29)23-32(5,18-8-2)26-14-16-30(31)24(4)20-26/h11-17,20-21,27H,7-10,18-19,22-23H2,1-6H3. The maximum atomic E-state index is 3.88. The molecule has 3 atom stereocenters. The molecule has 35 heavy (non-hydrogen) atoms. The van der Waals surface area contributed by atoms with Gasteiger partial charge in [-0.1, -0.05) is 99.3 Å². The summed E-state index contributed by atoms with van der Waals surface area (Å²) in [6, 6.07) is 14.6. The van der Waals surface area contributed by atoms with E-state index in [4.69, 9.17) is 0 Å². The van der Waals surface area contributed by atoms with Crippen LogP contribution >= 0.6 is 15.9 Å². The number of fused-ring (bicyclic) bond motifs is 3. The Balaban J connectivity index is 1.87. The van der Waals surface area contributed by atoms with Crippen molar-refractivity contribution in [3.05, 3.63) is 77.0 Å². The Hall–Kier alpha value is -1.80. The molecular formula is C33H44BrN. The van der Waals surface area contributed by atoms with Crippen LogP contribution in [0, 0.1) is 6.92 Å². The van der Waals surface area contributed by atoms with Gasteiger partial charge in [-0.25, -0.2) is 0 Å². The van der Waals surface area contributed by atoms with Crippen LogP contribution in [0.3, 0.4) is 0 Å². The van der Waals surface area contributed by atoms with Crippen LogP contribution in [0.15, 0.2) is 60.3 Å². The molecule has 2 aromatic rings. The zero-order valence-electron chi connectivity index (χ0n) is 22.8. The highest BCUT2D eigenvalue weighted by Gasteiger charge is 2.35. The zero-order valence-corrected chi connectivity index (χ0v) is 24.3. The number of rotatable bonds is 9. The van der Waals surface area contributed by atoms with Gasteiger partial charge >= 0.3 is 0 Å². The number of benzene rings is 2. The van der Waals surface area contributed by atoms with Gasteiger partial charge in [-0.05, 0) is 91.0 Å². The molecule has 3 unspecified atom stereocenters. The summed E-state index contributed by atoms with van der Waals surface area (Å²) in [5, 5.41) is 0. The first-order valence-electron chi connectivity index (χ1n) is 13.8. The number of alkyl halides is 1. The van der Waals surface area contributed by atoms with Gasteiger partial charge in [0.2, 0.25) is 0 Å². The predicted octanol–water partition coefficient (Wildman–Crippen LogP) is 10.0. The van der Waals surface area contributed by atoms with Crippen molar-refractivity contribution in [1.29, 1.82) is 0 Å². The topological polar surface area (TPSA) is 3.24 Å². The highest BCUT2D eigenvalue weighted by molar-refractivity contribution is 9.09. The zero-order chi connectivity index (χ0) is 25.2. The van der Waals surface area contributed by atoms with E-state index in [-0.39, 0.29) is 11.0 Å². The fourth-order valence-corrected chi connectivity index (χ4v) is 6.90. The normalized spacial score (nSPS) is 22.7. The number of hydrogen-bond acceptors (Lipinski definition) is 1. The molecule has 5 rings (SSSR count). The third kappa shape index (κ3) is 5.19. The number of unbranched alkanes of at least 4 members (excludes halogenated alkanes) is 1. The largest absolute Gasteiger partial charge is 0.339 e. The number of halogens is 1. The third-order valence-electron chi connectivity index (χ3n) is 8.61. The number of hydrogen-bond donors (Lipinski definition) is 0. The van der Waals surface area contributed by atoms with E-state index in [0.29, 0.717) is 4.83 Å². The number of aryl methyl sites for hydroxylation is 1. The molecule has 0 N–H and O–H groups in total. The summed E-state index contributed by atoms with van der Waals surface area (Å²) in [7, 11) is 0. The SMILES string of the molecule is CCCCC(C)(CC)N(C1=CC=CC(Br)C1)c1ccc2c(c1)CC(C)(CCC)c1ccc-2c(C)c1. The van der Waals surface area contributed by atoms with Crippen LogP contribution < -0.4 is 4.90 Å². The lowest BCUT2D eigenvalue weighted by molar-refractivity contribution is 0.382. The van der Waals surface area contributed by atoms with Gasteiger partial charge < -0.3 is 4.90 Å². The Morgan fingerprint density at radius 1 is 1.06 bits per heavy atom. The second-order valence-electron chi connectivity index (χ2n) is 11.4. The fraction of sp³-hybridized carbons (Fsp3) is 0.515. The molecule has 0 saturated carbocycles. The molecule has 0 aromatic heterocycles. The summed E-state index contributed by atoms with van der Waals surface area (Å²) in [6.45, 7) is 14.2. The molecule has 1 nitrogen and oxygen atoms in total. The molecule has 0 saturated heterocycles.